The molecule has 0 atom stereocenters. The molecule has 0 radical (unpaired) electrons. The van der Waals surface area contributed by atoms with E-state index in [4.69, 9.17) is 16.6 Å². The van der Waals surface area contributed by atoms with E-state index in [9.17, 15) is 4.39 Å². The van der Waals surface area contributed by atoms with Gasteiger partial charge in [0.2, 0.25) is 0 Å². The van der Waals surface area contributed by atoms with Crippen LogP contribution in [0.15, 0.2) is 128 Å². The lowest BCUT2D eigenvalue weighted by Crippen LogP contribution is -1.83. The van der Waals surface area contributed by atoms with E-state index in [1.54, 1.807) is 58.7 Å². The van der Waals surface area contributed by atoms with Gasteiger partial charge in [-0.2, -0.15) is 0 Å². The maximum absolute atomic E-state index is 13.1. The van der Waals surface area contributed by atoms with E-state index in [-0.39, 0.29) is 5.82 Å². The zero-order chi connectivity index (χ0) is 41.4. The van der Waals surface area contributed by atoms with Crippen molar-refractivity contribution in [3.05, 3.63) is 176 Å². The molecule has 0 aliphatic rings. The molecule has 0 spiro atoms. The van der Waals surface area contributed by atoms with Crippen molar-refractivity contribution < 1.29 is 4.39 Å². The van der Waals surface area contributed by atoms with Crippen LogP contribution in [-0.2, 0) is 19.3 Å². The van der Waals surface area contributed by atoms with Gasteiger partial charge in [-0.25, -0.2) is 34.3 Å². The van der Waals surface area contributed by atoms with Gasteiger partial charge in [0.05, 0.1) is 45.2 Å². The van der Waals surface area contributed by atoms with Crippen LogP contribution in [0.4, 0.5) is 4.39 Å². The smallest absolute Gasteiger partial charge is 0.125 e. The summed E-state index contributed by atoms with van der Waals surface area (Å²) < 4.78 is 16.5. The number of pyridine rings is 3. The highest BCUT2D eigenvalue weighted by Crippen LogP contribution is 2.29. The van der Waals surface area contributed by atoms with Gasteiger partial charge in [0.25, 0.3) is 0 Å². The molecule has 0 aliphatic carbocycles. The number of thiazole rings is 3. The number of para-hydroxylation sites is 2. The third-order valence-electron chi connectivity index (χ3n) is 8.51. The third-order valence-corrected chi connectivity index (χ3v) is 12.1. The zero-order valence-corrected chi connectivity index (χ0v) is 35.7. The molecule has 0 saturated carbocycles. The summed E-state index contributed by atoms with van der Waals surface area (Å²) in [5, 5.41) is 3.93. The summed E-state index contributed by atoms with van der Waals surface area (Å²) in [6, 6.07) is 34.0. The van der Waals surface area contributed by atoms with Crippen LogP contribution in [0.25, 0.3) is 30.6 Å². The van der Waals surface area contributed by atoms with Crippen LogP contribution < -0.4 is 0 Å². The van der Waals surface area contributed by atoms with E-state index < -0.39 is 0 Å². The number of rotatable bonds is 6. The van der Waals surface area contributed by atoms with Crippen molar-refractivity contribution in [3.63, 3.8) is 0 Å². The van der Waals surface area contributed by atoms with E-state index in [1.807, 2.05) is 72.8 Å². The number of hydrogen-bond donors (Lipinski definition) is 0. The van der Waals surface area contributed by atoms with E-state index in [1.165, 1.54) is 22.4 Å². The molecular weight excluding hydrogens is 823 g/mol. The Morgan fingerprint density at radius 2 is 1.00 bits per heavy atom. The largest absolute Gasteiger partial charge is 0.248 e. The minimum Gasteiger partial charge on any atom is -0.248 e. The predicted octanol–water partition coefficient (Wildman–Crippen LogP) is 12.1. The Kier molecular flexibility index (Phi) is 15.1. The van der Waals surface area contributed by atoms with Crippen LogP contribution in [0.5, 0.6) is 0 Å². The van der Waals surface area contributed by atoms with Crippen molar-refractivity contribution in [3.8, 4) is 35.5 Å². The van der Waals surface area contributed by atoms with Gasteiger partial charge in [0.1, 0.15) is 28.4 Å². The Bertz CT molecular complexity index is 2870. The minimum atomic E-state index is -0.246. The first-order valence-corrected chi connectivity index (χ1v) is 21.9. The Hall–Kier alpha value is -6.32. The second-order valence-corrected chi connectivity index (χ2v) is 16.7. The average molecular weight is 860 g/mol. The lowest BCUT2D eigenvalue weighted by Gasteiger charge is -1.90. The quantitative estimate of drug-likeness (QED) is 0.155. The first-order valence-electron chi connectivity index (χ1n) is 19.1. The molecule has 0 aliphatic heterocycles. The van der Waals surface area contributed by atoms with Gasteiger partial charge < -0.3 is 0 Å². The molecule has 0 fully saturated rings. The maximum atomic E-state index is 13.1. The van der Waals surface area contributed by atoms with E-state index in [0.29, 0.717) is 5.02 Å². The van der Waals surface area contributed by atoms with Crippen molar-refractivity contribution in [1.29, 1.82) is 0 Å². The molecule has 60 heavy (non-hydrogen) atoms. The first kappa shape index (κ1) is 41.8. The number of fused-ring (bicyclic) bond motifs is 3. The maximum Gasteiger partial charge on any atom is 0.125 e. The second kappa shape index (κ2) is 21.6. The topological polar surface area (TPSA) is 77.3 Å². The number of benzene rings is 3. The summed E-state index contributed by atoms with van der Waals surface area (Å²) in [6.07, 6.45) is 10.1. The number of aryl methyl sites for hydroxylation is 4. The first-order chi connectivity index (χ1) is 29.5. The van der Waals surface area contributed by atoms with Gasteiger partial charge in [-0.05, 0) is 97.0 Å². The SMILES string of the molecule is Cc1cccc2sc(CCC#Cc3ccccn3)nc12.Clc1cccc2sc(CCC#Cc3ccccn3)nc12.Fc1ccc2sc(CCC#Cc3ccccn3)nc2c1. The standard InChI is InChI=1S/C17H14N2S.C16H11ClN2S.C16H11FN2S/c1-13-7-6-10-15-17(13)19-16(20-15)11-3-2-8-14-9-4-5-12-18-14;17-13-8-5-9-14-16(13)19-15(20-14)10-2-1-6-12-7-3-4-11-18-12;17-12-8-9-15-14(11-12)19-16(20-15)7-2-1-5-13-6-3-4-10-18-13/h4-7,9-10,12H,3,11H2,1H3;3-5,7-9,11H,2,10H2;3-4,6,8-11H,2,7H2. The highest BCUT2D eigenvalue weighted by Gasteiger charge is 2.07. The minimum absolute atomic E-state index is 0.246. The van der Waals surface area contributed by atoms with Crippen molar-refractivity contribution in [2.45, 2.75) is 45.4 Å². The number of aromatic nitrogens is 6. The molecule has 9 aromatic rings. The summed E-state index contributed by atoms with van der Waals surface area (Å²) in [4.78, 5) is 26.2. The summed E-state index contributed by atoms with van der Waals surface area (Å²) >= 11 is 11.2. The molecule has 6 heterocycles. The van der Waals surface area contributed by atoms with Gasteiger partial charge in [0, 0.05) is 63.2 Å². The molecule has 3 aromatic carbocycles. The number of hydrogen-bond acceptors (Lipinski definition) is 9. The Morgan fingerprint density at radius 1 is 0.517 bits per heavy atom. The zero-order valence-electron chi connectivity index (χ0n) is 32.5. The van der Waals surface area contributed by atoms with Crippen LogP contribution in [0, 0.1) is 48.3 Å². The second-order valence-electron chi connectivity index (χ2n) is 13.0. The molecule has 9 rings (SSSR count). The molecule has 6 nitrogen and oxygen atoms in total. The molecule has 0 N–H and O–H groups in total. The fourth-order valence-corrected chi connectivity index (χ4v) is 8.90. The Morgan fingerprint density at radius 3 is 1.50 bits per heavy atom. The highest BCUT2D eigenvalue weighted by atomic mass is 35.5. The van der Waals surface area contributed by atoms with Crippen molar-refractivity contribution in [2.24, 2.45) is 0 Å². The number of halogens is 2. The predicted molar refractivity (Wildman–Crippen MR) is 247 cm³/mol. The summed E-state index contributed by atoms with van der Waals surface area (Å²) in [5.74, 6) is 18.3. The Labute approximate surface area is 365 Å². The van der Waals surface area contributed by atoms with Crippen LogP contribution in [0.1, 0.15) is 56.9 Å². The fraction of sp³-hybridized carbons (Fsp3) is 0.143. The fourth-order valence-electron chi connectivity index (χ4n) is 5.64. The molecule has 0 amide bonds. The number of nitrogens with zero attached hydrogens (tertiary/aromatic N) is 6. The van der Waals surface area contributed by atoms with E-state index >= 15 is 0 Å². The van der Waals surface area contributed by atoms with Gasteiger partial charge in [-0.3, -0.25) is 0 Å². The monoisotopic (exact) mass is 858 g/mol. The molecule has 0 unspecified atom stereocenters. The van der Waals surface area contributed by atoms with Crippen LogP contribution in [0.2, 0.25) is 5.02 Å². The Balaban J connectivity index is 0.000000136. The summed E-state index contributed by atoms with van der Waals surface area (Å²) in [5.41, 5.74) is 6.40. The van der Waals surface area contributed by atoms with Gasteiger partial charge >= 0.3 is 0 Å². The van der Waals surface area contributed by atoms with Crippen LogP contribution in [0.3, 0.4) is 0 Å². The summed E-state index contributed by atoms with van der Waals surface area (Å²) in [7, 11) is 0. The summed E-state index contributed by atoms with van der Waals surface area (Å²) in [6.45, 7) is 2.10. The molecule has 0 saturated heterocycles. The van der Waals surface area contributed by atoms with Crippen molar-refractivity contribution in [1.82, 2.24) is 29.9 Å². The lowest BCUT2D eigenvalue weighted by molar-refractivity contribution is 0.629. The van der Waals surface area contributed by atoms with Gasteiger partial charge in [-0.15, -0.1) is 34.0 Å². The van der Waals surface area contributed by atoms with Crippen LogP contribution >= 0.6 is 45.6 Å². The molecule has 294 valence electrons. The third kappa shape index (κ3) is 12.3. The molecule has 6 aromatic heterocycles. The lowest BCUT2D eigenvalue weighted by atomic mass is 10.2. The molecule has 11 heteroatoms. The van der Waals surface area contributed by atoms with E-state index in [0.717, 1.165) is 96.6 Å². The van der Waals surface area contributed by atoms with Crippen molar-refractivity contribution >= 4 is 76.3 Å². The molecule has 0 bridgehead atoms. The highest BCUT2D eigenvalue weighted by molar-refractivity contribution is 7.19. The average Bonchev–Trinajstić information content (AvgIpc) is 4.02. The van der Waals surface area contributed by atoms with E-state index in [2.05, 4.69) is 85.6 Å². The van der Waals surface area contributed by atoms with Crippen molar-refractivity contribution in [2.75, 3.05) is 0 Å². The molecular formula is C49H36ClFN6S3. The van der Waals surface area contributed by atoms with Crippen LogP contribution in [-0.4, -0.2) is 29.9 Å². The normalized spacial score (nSPS) is 10.2. The van der Waals surface area contributed by atoms with Gasteiger partial charge in [-0.1, -0.05) is 65.8 Å². The van der Waals surface area contributed by atoms with Gasteiger partial charge in [0.15, 0.2) is 0 Å².